The molecule has 0 N–H and O–H groups in total. The Morgan fingerprint density at radius 1 is 1.43 bits per heavy atom. The fourth-order valence-corrected chi connectivity index (χ4v) is 2.87. The second kappa shape index (κ2) is 4.84. The maximum Gasteiger partial charge on any atom is 0.145 e. The van der Waals surface area contributed by atoms with Crippen molar-refractivity contribution < 1.29 is 9.00 Å². The standard InChI is InChI=1S/C10H11BrO2S/c1-7(12)8(2)14(13)10-6-4-3-5-9(10)11/h3-6,8H,1-2H3. The predicted octanol–water partition coefficient (Wildman–Crippen LogP) is 2.53. The highest BCUT2D eigenvalue weighted by atomic mass is 79.9. The summed E-state index contributed by atoms with van der Waals surface area (Å²) in [6, 6.07) is 7.24. The Hall–Kier alpha value is -0.480. The summed E-state index contributed by atoms with van der Waals surface area (Å²) in [5.74, 6) is -0.0564. The predicted molar refractivity (Wildman–Crippen MR) is 60.7 cm³/mol. The van der Waals surface area contributed by atoms with Crippen LogP contribution in [0.3, 0.4) is 0 Å². The van der Waals surface area contributed by atoms with Gasteiger partial charge in [-0.05, 0) is 41.9 Å². The highest BCUT2D eigenvalue weighted by Crippen LogP contribution is 2.22. The Labute approximate surface area is 94.3 Å². The van der Waals surface area contributed by atoms with E-state index in [9.17, 15) is 9.00 Å². The molecule has 14 heavy (non-hydrogen) atoms. The Kier molecular flexibility index (Phi) is 4.01. The topological polar surface area (TPSA) is 34.1 Å². The summed E-state index contributed by atoms with van der Waals surface area (Å²) in [5, 5.41) is -0.450. The highest BCUT2D eigenvalue weighted by molar-refractivity contribution is 9.10. The molecule has 0 amide bonds. The van der Waals surface area contributed by atoms with Gasteiger partial charge in [0.05, 0.1) is 20.9 Å². The van der Waals surface area contributed by atoms with Gasteiger partial charge in [0.25, 0.3) is 0 Å². The van der Waals surface area contributed by atoms with E-state index in [-0.39, 0.29) is 5.78 Å². The molecule has 0 saturated heterocycles. The lowest BCUT2D eigenvalue weighted by atomic mass is 10.3. The van der Waals surface area contributed by atoms with Crippen molar-refractivity contribution in [2.75, 3.05) is 0 Å². The molecule has 0 saturated carbocycles. The van der Waals surface area contributed by atoms with Crippen LogP contribution in [0.1, 0.15) is 13.8 Å². The minimum absolute atomic E-state index is 0.0564. The molecule has 1 aromatic rings. The number of halogens is 1. The molecule has 0 fully saturated rings. The van der Waals surface area contributed by atoms with Gasteiger partial charge in [0, 0.05) is 4.47 Å². The SMILES string of the molecule is CC(=O)C(C)S(=O)c1ccccc1Br. The summed E-state index contributed by atoms with van der Waals surface area (Å²) in [6.45, 7) is 3.14. The van der Waals surface area contributed by atoms with E-state index in [1.165, 1.54) is 6.92 Å². The number of carbonyl (C=O) groups is 1. The van der Waals surface area contributed by atoms with Gasteiger partial charge < -0.3 is 0 Å². The van der Waals surface area contributed by atoms with E-state index in [2.05, 4.69) is 15.9 Å². The number of benzene rings is 1. The fraction of sp³-hybridized carbons (Fsp3) is 0.300. The lowest BCUT2D eigenvalue weighted by molar-refractivity contribution is -0.116. The van der Waals surface area contributed by atoms with Crippen molar-refractivity contribution in [3.8, 4) is 0 Å². The van der Waals surface area contributed by atoms with Crippen LogP contribution >= 0.6 is 15.9 Å². The van der Waals surface area contributed by atoms with Crippen LogP contribution in [-0.2, 0) is 15.6 Å². The molecule has 0 aliphatic carbocycles. The summed E-state index contributed by atoms with van der Waals surface area (Å²) < 4.78 is 12.7. The zero-order valence-electron chi connectivity index (χ0n) is 7.99. The van der Waals surface area contributed by atoms with Crippen LogP contribution in [0.15, 0.2) is 33.6 Å². The van der Waals surface area contributed by atoms with Crippen LogP contribution < -0.4 is 0 Å². The first-order valence-electron chi connectivity index (χ1n) is 4.19. The molecule has 0 spiro atoms. The van der Waals surface area contributed by atoms with E-state index in [0.29, 0.717) is 4.90 Å². The van der Waals surface area contributed by atoms with Gasteiger partial charge in [0.2, 0.25) is 0 Å². The lowest BCUT2D eigenvalue weighted by Gasteiger charge is -2.08. The maximum absolute atomic E-state index is 11.9. The molecule has 0 heterocycles. The zero-order valence-corrected chi connectivity index (χ0v) is 10.4. The van der Waals surface area contributed by atoms with Crippen LogP contribution in [0.25, 0.3) is 0 Å². The van der Waals surface area contributed by atoms with E-state index < -0.39 is 16.0 Å². The van der Waals surface area contributed by atoms with Crippen LogP contribution in [0.2, 0.25) is 0 Å². The first-order valence-corrected chi connectivity index (χ1v) is 6.20. The van der Waals surface area contributed by atoms with E-state index in [1.807, 2.05) is 18.2 Å². The summed E-state index contributed by atoms with van der Waals surface area (Å²) in [5.41, 5.74) is 0. The van der Waals surface area contributed by atoms with Crippen molar-refractivity contribution in [2.45, 2.75) is 24.0 Å². The average Bonchev–Trinajstić information content (AvgIpc) is 2.16. The summed E-state index contributed by atoms with van der Waals surface area (Å²) >= 11 is 3.31. The van der Waals surface area contributed by atoms with Gasteiger partial charge in [-0.1, -0.05) is 12.1 Å². The minimum atomic E-state index is -1.27. The van der Waals surface area contributed by atoms with E-state index in [1.54, 1.807) is 13.0 Å². The molecular formula is C10H11BrO2S. The van der Waals surface area contributed by atoms with Crippen molar-refractivity contribution >= 4 is 32.5 Å². The van der Waals surface area contributed by atoms with Gasteiger partial charge >= 0.3 is 0 Å². The summed E-state index contributed by atoms with van der Waals surface area (Å²) in [6.07, 6.45) is 0. The molecule has 1 rings (SSSR count). The van der Waals surface area contributed by atoms with Crippen LogP contribution in [-0.4, -0.2) is 15.2 Å². The molecule has 76 valence electrons. The number of Topliss-reactive ketones (excluding diaryl/α,β-unsaturated/α-hetero) is 1. The Bertz CT molecular complexity index is 376. The first-order chi connectivity index (χ1) is 6.54. The number of hydrogen-bond acceptors (Lipinski definition) is 2. The van der Waals surface area contributed by atoms with Crippen LogP contribution in [0.4, 0.5) is 0 Å². The molecule has 0 aromatic heterocycles. The molecule has 0 bridgehead atoms. The third-order valence-corrected chi connectivity index (χ3v) is 4.66. The van der Waals surface area contributed by atoms with Crippen LogP contribution in [0.5, 0.6) is 0 Å². The van der Waals surface area contributed by atoms with Crippen molar-refractivity contribution in [1.82, 2.24) is 0 Å². The van der Waals surface area contributed by atoms with Gasteiger partial charge in [0.15, 0.2) is 0 Å². The largest absolute Gasteiger partial charge is 0.299 e. The molecule has 0 aliphatic rings. The fourth-order valence-electron chi connectivity index (χ4n) is 0.949. The van der Waals surface area contributed by atoms with Gasteiger partial charge in [-0.25, -0.2) is 0 Å². The molecule has 4 heteroatoms. The van der Waals surface area contributed by atoms with E-state index in [0.717, 1.165) is 4.47 Å². The second-order valence-corrected chi connectivity index (χ2v) is 5.58. The first kappa shape index (κ1) is 11.6. The number of hydrogen-bond donors (Lipinski definition) is 0. The Morgan fingerprint density at radius 2 is 2.00 bits per heavy atom. The molecular weight excluding hydrogens is 264 g/mol. The Morgan fingerprint density at radius 3 is 2.50 bits per heavy atom. The molecule has 2 unspecified atom stereocenters. The molecule has 2 nitrogen and oxygen atoms in total. The maximum atomic E-state index is 11.9. The van der Waals surface area contributed by atoms with Crippen molar-refractivity contribution in [3.05, 3.63) is 28.7 Å². The second-order valence-electron chi connectivity index (χ2n) is 2.98. The van der Waals surface area contributed by atoms with Gasteiger partial charge in [-0.3, -0.25) is 9.00 Å². The molecule has 0 radical (unpaired) electrons. The van der Waals surface area contributed by atoms with Crippen LogP contribution in [0, 0.1) is 0 Å². The van der Waals surface area contributed by atoms with Gasteiger partial charge in [-0.15, -0.1) is 0 Å². The van der Waals surface area contributed by atoms with Crippen molar-refractivity contribution in [1.29, 1.82) is 0 Å². The molecule has 2 atom stereocenters. The minimum Gasteiger partial charge on any atom is -0.299 e. The zero-order chi connectivity index (χ0) is 10.7. The monoisotopic (exact) mass is 274 g/mol. The quantitative estimate of drug-likeness (QED) is 0.849. The smallest absolute Gasteiger partial charge is 0.145 e. The van der Waals surface area contributed by atoms with Crippen molar-refractivity contribution in [2.24, 2.45) is 0 Å². The summed E-state index contributed by atoms with van der Waals surface area (Å²) in [4.78, 5) is 11.7. The normalized spacial score (nSPS) is 14.8. The third-order valence-electron chi connectivity index (χ3n) is 1.95. The highest BCUT2D eigenvalue weighted by Gasteiger charge is 2.19. The summed E-state index contributed by atoms with van der Waals surface area (Å²) in [7, 11) is -1.27. The van der Waals surface area contributed by atoms with E-state index >= 15 is 0 Å². The number of rotatable bonds is 3. The van der Waals surface area contributed by atoms with Crippen molar-refractivity contribution in [3.63, 3.8) is 0 Å². The Balaban J connectivity index is 3.01. The van der Waals surface area contributed by atoms with Gasteiger partial charge in [-0.2, -0.15) is 0 Å². The molecule has 0 aliphatic heterocycles. The lowest BCUT2D eigenvalue weighted by Crippen LogP contribution is -2.19. The number of carbonyl (C=O) groups excluding carboxylic acids is 1. The van der Waals surface area contributed by atoms with Gasteiger partial charge in [0.1, 0.15) is 5.78 Å². The average molecular weight is 275 g/mol. The molecule has 1 aromatic carbocycles. The van der Waals surface area contributed by atoms with E-state index in [4.69, 9.17) is 0 Å². The third kappa shape index (κ3) is 2.51. The number of ketones is 1.